The van der Waals surface area contributed by atoms with Crippen LogP contribution >= 0.6 is 0 Å². The number of hydrogen-bond acceptors (Lipinski definition) is 3. The Morgan fingerprint density at radius 1 is 1.41 bits per heavy atom. The molecule has 0 spiro atoms. The number of amides is 1. The van der Waals surface area contributed by atoms with Crippen LogP contribution in [0.1, 0.15) is 26.7 Å². The van der Waals surface area contributed by atoms with E-state index in [1.54, 1.807) is 0 Å². The first-order chi connectivity index (χ1) is 8.22. The minimum Gasteiger partial charge on any atom is -0.340 e. The van der Waals surface area contributed by atoms with E-state index < -0.39 is 0 Å². The van der Waals surface area contributed by atoms with Gasteiger partial charge in [0.25, 0.3) is 0 Å². The number of piperazine rings is 1. The van der Waals surface area contributed by atoms with Crippen molar-refractivity contribution < 1.29 is 4.79 Å². The van der Waals surface area contributed by atoms with Crippen molar-refractivity contribution in [2.24, 2.45) is 5.92 Å². The van der Waals surface area contributed by atoms with E-state index >= 15 is 0 Å². The van der Waals surface area contributed by atoms with Gasteiger partial charge in [-0.3, -0.25) is 9.69 Å². The van der Waals surface area contributed by atoms with E-state index in [1.165, 1.54) is 0 Å². The molecule has 17 heavy (non-hydrogen) atoms. The zero-order valence-electron chi connectivity index (χ0n) is 11.1. The van der Waals surface area contributed by atoms with Gasteiger partial charge in [-0.2, -0.15) is 0 Å². The van der Waals surface area contributed by atoms with Crippen molar-refractivity contribution >= 4 is 5.91 Å². The molecule has 2 aliphatic rings. The third-order valence-electron chi connectivity index (χ3n) is 4.13. The zero-order valence-corrected chi connectivity index (χ0v) is 11.1. The Kier molecular flexibility index (Phi) is 4.40. The summed E-state index contributed by atoms with van der Waals surface area (Å²) in [5.74, 6) is 0.601. The molecule has 0 radical (unpaired) electrons. The number of carbonyl (C=O) groups is 1. The van der Waals surface area contributed by atoms with Crippen molar-refractivity contribution in [2.75, 3.05) is 39.3 Å². The van der Waals surface area contributed by atoms with Crippen molar-refractivity contribution in [3.05, 3.63) is 0 Å². The average Bonchev–Trinajstić information content (AvgIpc) is 2.39. The number of piperidine rings is 1. The van der Waals surface area contributed by atoms with E-state index in [0.717, 1.165) is 52.1 Å². The van der Waals surface area contributed by atoms with Gasteiger partial charge in [0.05, 0.1) is 5.92 Å². The highest BCUT2D eigenvalue weighted by molar-refractivity contribution is 5.79. The molecule has 2 heterocycles. The highest BCUT2D eigenvalue weighted by Crippen LogP contribution is 2.17. The molecule has 1 amide bonds. The molecule has 4 nitrogen and oxygen atoms in total. The van der Waals surface area contributed by atoms with E-state index in [9.17, 15) is 4.79 Å². The van der Waals surface area contributed by atoms with Gasteiger partial charge in [0, 0.05) is 32.2 Å². The van der Waals surface area contributed by atoms with Crippen LogP contribution in [0.25, 0.3) is 0 Å². The van der Waals surface area contributed by atoms with Gasteiger partial charge in [-0.05, 0) is 32.9 Å². The van der Waals surface area contributed by atoms with Crippen LogP contribution < -0.4 is 5.32 Å². The third-order valence-corrected chi connectivity index (χ3v) is 4.13. The van der Waals surface area contributed by atoms with Crippen LogP contribution in [0, 0.1) is 5.92 Å². The first-order valence-corrected chi connectivity index (χ1v) is 6.96. The smallest absolute Gasteiger partial charge is 0.227 e. The minimum atomic E-state index is 0.226. The molecule has 2 atom stereocenters. The second kappa shape index (κ2) is 5.83. The maximum atomic E-state index is 12.4. The number of likely N-dealkylation sites (N-methyl/N-ethyl adjacent to an activating group) is 1. The summed E-state index contributed by atoms with van der Waals surface area (Å²) in [7, 11) is 0. The lowest BCUT2D eigenvalue weighted by atomic mass is 9.97. The van der Waals surface area contributed by atoms with E-state index in [1.807, 2.05) is 0 Å². The van der Waals surface area contributed by atoms with Crippen molar-refractivity contribution in [1.82, 2.24) is 15.1 Å². The molecule has 0 aliphatic carbocycles. The molecule has 0 aromatic rings. The van der Waals surface area contributed by atoms with E-state index in [4.69, 9.17) is 0 Å². The second-order valence-corrected chi connectivity index (χ2v) is 5.31. The lowest BCUT2D eigenvalue weighted by Crippen LogP contribution is -2.55. The molecule has 0 saturated carbocycles. The molecular weight excluding hydrogens is 214 g/mol. The molecule has 0 aromatic carbocycles. The summed E-state index contributed by atoms with van der Waals surface area (Å²) < 4.78 is 0. The minimum absolute atomic E-state index is 0.226. The molecule has 0 aromatic heterocycles. The molecule has 4 heteroatoms. The van der Waals surface area contributed by atoms with Gasteiger partial charge < -0.3 is 10.2 Å². The molecule has 2 fully saturated rings. The topological polar surface area (TPSA) is 35.6 Å². The average molecular weight is 239 g/mol. The van der Waals surface area contributed by atoms with Crippen LogP contribution in [0.15, 0.2) is 0 Å². The maximum Gasteiger partial charge on any atom is 0.227 e. The van der Waals surface area contributed by atoms with Crippen LogP contribution in [0.4, 0.5) is 0 Å². The molecule has 2 rings (SSSR count). The number of nitrogens with one attached hydrogen (secondary N) is 1. The van der Waals surface area contributed by atoms with Crippen molar-refractivity contribution in [3.63, 3.8) is 0 Å². The van der Waals surface area contributed by atoms with Gasteiger partial charge >= 0.3 is 0 Å². The second-order valence-electron chi connectivity index (χ2n) is 5.31. The standard InChI is InChI=1S/C13H25N3O/c1-3-15-7-8-16(10-11(15)2)13(17)12-5-4-6-14-9-12/h11-12,14H,3-10H2,1-2H3. The van der Waals surface area contributed by atoms with Gasteiger partial charge in [-0.15, -0.1) is 0 Å². The summed E-state index contributed by atoms with van der Waals surface area (Å²) in [6.45, 7) is 10.3. The van der Waals surface area contributed by atoms with Crippen molar-refractivity contribution in [1.29, 1.82) is 0 Å². The predicted octanol–water partition coefficient (Wildman–Crippen LogP) is 0.539. The Labute approximate surface area is 104 Å². The largest absolute Gasteiger partial charge is 0.340 e. The molecule has 2 saturated heterocycles. The Bertz CT molecular complexity index is 263. The number of carbonyl (C=O) groups excluding carboxylic acids is 1. The monoisotopic (exact) mass is 239 g/mol. The summed E-state index contributed by atoms with van der Waals surface area (Å²) in [6, 6.07) is 0.509. The molecular formula is C13H25N3O. The Hall–Kier alpha value is -0.610. The Morgan fingerprint density at radius 2 is 2.24 bits per heavy atom. The van der Waals surface area contributed by atoms with E-state index in [2.05, 4.69) is 29.0 Å². The van der Waals surface area contributed by atoms with Gasteiger partial charge in [0.15, 0.2) is 0 Å². The first-order valence-electron chi connectivity index (χ1n) is 6.96. The normalized spacial score (nSPS) is 31.5. The fraction of sp³-hybridized carbons (Fsp3) is 0.923. The molecule has 2 aliphatic heterocycles. The van der Waals surface area contributed by atoms with Crippen molar-refractivity contribution in [3.8, 4) is 0 Å². The number of rotatable bonds is 2. The summed E-state index contributed by atoms with van der Waals surface area (Å²) >= 11 is 0. The lowest BCUT2D eigenvalue weighted by molar-refractivity contribution is -0.138. The van der Waals surface area contributed by atoms with Crippen LogP contribution in [0.5, 0.6) is 0 Å². The van der Waals surface area contributed by atoms with Crippen LogP contribution in [0.2, 0.25) is 0 Å². The predicted molar refractivity (Wildman–Crippen MR) is 68.9 cm³/mol. The zero-order chi connectivity index (χ0) is 12.3. The van der Waals surface area contributed by atoms with Crippen LogP contribution in [-0.2, 0) is 4.79 Å². The molecule has 1 N–H and O–H groups in total. The highest BCUT2D eigenvalue weighted by Gasteiger charge is 2.30. The quantitative estimate of drug-likeness (QED) is 0.764. The van der Waals surface area contributed by atoms with Gasteiger partial charge in [-0.1, -0.05) is 6.92 Å². The SMILES string of the molecule is CCN1CCN(C(=O)C2CCCNC2)CC1C. The lowest BCUT2D eigenvalue weighted by Gasteiger charge is -2.41. The summed E-state index contributed by atoms with van der Waals surface area (Å²) in [4.78, 5) is 16.9. The highest BCUT2D eigenvalue weighted by atomic mass is 16.2. The Balaban J connectivity index is 1.87. The number of hydrogen-bond donors (Lipinski definition) is 1. The van der Waals surface area contributed by atoms with Crippen LogP contribution in [-0.4, -0.2) is 61.0 Å². The fourth-order valence-corrected chi connectivity index (χ4v) is 2.99. The molecule has 2 unspecified atom stereocenters. The van der Waals surface area contributed by atoms with E-state index in [-0.39, 0.29) is 5.92 Å². The third kappa shape index (κ3) is 2.99. The summed E-state index contributed by atoms with van der Waals surface area (Å²) in [6.07, 6.45) is 2.20. The van der Waals surface area contributed by atoms with Crippen molar-refractivity contribution in [2.45, 2.75) is 32.7 Å². The summed E-state index contributed by atoms with van der Waals surface area (Å²) in [5.41, 5.74) is 0. The number of nitrogens with zero attached hydrogens (tertiary/aromatic N) is 2. The Morgan fingerprint density at radius 3 is 2.82 bits per heavy atom. The first kappa shape index (κ1) is 12.8. The van der Waals surface area contributed by atoms with Gasteiger partial charge in [0.1, 0.15) is 0 Å². The van der Waals surface area contributed by atoms with Crippen LogP contribution in [0.3, 0.4) is 0 Å². The van der Waals surface area contributed by atoms with Gasteiger partial charge in [0.2, 0.25) is 5.91 Å². The van der Waals surface area contributed by atoms with Gasteiger partial charge in [-0.25, -0.2) is 0 Å². The molecule has 98 valence electrons. The molecule has 0 bridgehead atoms. The fourth-order valence-electron chi connectivity index (χ4n) is 2.99. The summed E-state index contributed by atoms with van der Waals surface area (Å²) in [5, 5.41) is 3.33. The van der Waals surface area contributed by atoms with E-state index in [0.29, 0.717) is 11.9 Å². The maximum absolute atomic E-state index is 12.4.